The molecule has 0 spiro atoms. The summed E-state index contributed by atoms with van der Waals surface area (Å²) in [7, 11) is -2.30. The second-order valence-corrected chi connectivity index (χ2v) is 15.3. The highest BCUT2D eigenvalue weighted by molar-refractivity contribution is 7.85. The smallest absolute Gasteiger partial charge is 0.113 e. The minimum atomic E-state index is -1.19. The van der Waals surface area contributed by atoms with Crippen LogP contribution in [-0.4, -0.2) is 17.3 Å². The third kappa shape index (κ3) is 5.08. The van der Waals surface area contributed by atoms with E-state index in [0.717, 1.165) is 34.7 Å². The highest BCUT2D eigenvalue weighted by Gasteiger charge is 2.18. The maximum atomic E-state index is 13.2. The number of benzene rings is 2. The molecule has 1 aromatic heterocycles. The summed E-state index contributed by atoms with van der Waals surface area (Å²) in [5.74, 6) is 0. The van der Waals surface area contributed by atoms with Crippen molar-refractivity contribution in [2.24, 2.45) is 0 Å². The molecule has 0 bridgehead atoms. The molecule has 3 aromatic rings. The Bertz CT molecular complexity index is 953. The van der Waals surface area contributed by atoms with Crippen molar-refractivity contribution in [2.75, 3.05) is 0 Å². The predicted octanol–water partition coefficient (Wildman–Crippen LogP) is 6.55. The van der Waals surface area contributed by atoms with Crippen LogP contribution in [0.2, 0.25) is 25.7 Å². The van der Waals surface area contributed by atoms with Crippen LogP contribution in [0, 0.1) is 0 Å². The summed E-state index contributed by atoms with van der Waals surface area (Å²) in [6, 6.07) is 19.2. The fourth-order valence-corrected chi connectivity index (χ4v) is 6.55. The van der Waals surface area contributed by atoms with E-state index >= 15 is 0 Å². The normalized spacial score (nSPS) is 13.0. The minimum absolute atomic E-state index is 0.841. The summed E-state index contributed by atoms with van der Waals surface area (Å²) >= 11 is 0. The van der Waals surface area contributed by atoms with Crippen LogP contribution in [0.4, 0.5) is 0 Å². The van der Waals surface area contributed by atoms with Gasteiger partial charge in [0.2, 0.25) is 0 Å². The van der Waals surface area contributed by atoms with Crippen molar-refractivity contribution >= 4 is 29.8 Å². The first-order valence-corrected chi connectivity index (χ1v) is 14.4. The quantitative estimate of drug-likeness (QED) is 0.340. The maximum Gasteiger partial charge on any atom is 0.113 e. The lowest BCUT2D eigenvalue weighted by molar-refractivity contribution is 0.679. The first-order valence-electron chi connectivity index (χ1n) is 9.58. The lowest BCUT2D eigenvalue weighted by Gasteiger charge is -2.17. The average Bonchev–Trinajstić information content (AvgIpc) is 2.99. The first kappa shape index (κ1) is 19.8. The fraction of sp³-hybridized carbons (Fsp3) is 0.304. The highest BCUT2D eigenvalue weighted by atomic mass is 32.2. The second kappa shape index (κ2) is 8.40. The number of fused-ring (bicyclic) bond motifs is 1. The van der Waals surface area contributed by atoms with Crippen LogP contribution in [0.25, 0.3) is 10.9 Å². The van der Waals surface area contributed by atoms with Crippen LogP contribution >= 0.6 is 0 Å². The van der Waals surface area contributed by atoms with E-state index in [-0.39, 0.29) is 0 Å². The largest absolute Gasteiger partial charge is 0.347 e. The minimum Gasteiger partial charge on any atom is -0.347 e. The standard InChI is InChI=1S/C23H29NOSSi/c1-18(17-27(2,3)4)11-10-15-21-20-14-8-9-16-22(20)24-23(21)26(25)19-12-6-5-7-13-19/h5-9,12-14,16,24H,1,10-11,15,17H2,2-4H3. The summed E-state index contributed by atoms with van der Waals surface area (Å²) < 4.78 is 13.2. The summed E-state index contributed by atoms with van der Waals surface area (Å²) in [5, 5.41) is 2.03. The van der Waals surface area contributed by atoms with Crippen molar-refractivity contribution in [3.8, 4) is 0 Å². The lowest BCUT2D eigenvalue weighted by atomic mass is 10.0. The van der Waals surface area contributed by atoms with Crippen LogP contribution in [0.3, 0.4) is 0 Å². The van der Waals surface area contributed by atoms with Crippen molar-refractivity contribution in [1.82, 2.24) is 4.98 Å². The molecular weight excluding hydrogens is 366 g/mol. The summed E-state index contributed by atoms with van der Waals surface area (Å²) in [4.78, 5) is 4.26. The van der Waals surface area contributed by atoms with Gasteiger partial charge in [-0.05, 0) is 49.1 Å². The Labute approximate surface area is 166 Å². The first-order chi connectivity index (χ1) is 12.8. The zero-order chi connectivity index (χ0) is 19.4. The van der Waals surface area contributed by atoms with Gasteiger partial charge in [0.1, 0.15) is 15.8 Å². The average molecular weight is 396 g/mol. The number of hydrogen-bond donors (Lipinski definition) is 1. The Kier molecular flexibility index (Phi) is 6.17. The Hall–Kier alpha value is -1.91. The van der Waals surface area contributed by atoms with Crippen molar-refractivity contribution < 1.29 is 4.21 Å². The van der Waals surface area contributed by atoms with E-state index in [1.54, 1.807) is 0 Å². The zero-order valence-electron chi connectivity index (χ0n) is 16.5. The number of para-hydroxylation sites is 1. The van der Waals surface area contributed by atoms with E-state index in [1.165, 1.54) is 22.6 Å². The van der Waals surface area contributed by atoms with Gasteiger partial charge >= 0.3 is 0 Å². The molecule has 2 nitrogen and oxygen atoms in total. The maximum absolute atomic E-state index is 13.2. The Morgan fingerprint density at radius 1 is 1.04 bits per heavy atom. The molecule has 4 heteroatoms. The zero-order valence-corrected chi connectivity index (χ0v) is 18.4. The topological polar surface area (TPSA) is 32.9 Å². The van der Waals surface area contributed by atoms with E-state index in [9.17, 15) is 4.21 Å². The molecule has 0 fully saturated rings. The number of aromatic amines is 1. The molecular formula is C23H29NOSSi. The van der Waals surface area contributed by atoms with Gasteiger partial charge in [0.25, 0.3) is 0 Å². The molecule has 1 N–H and O–H groups in total. The van der Waals surface area contributed by atoms with Gasteiger partial charge < -0.3 is 4.98 Å². The van der Waals surface area contributed by atoms with Crippen LogP contribution in [0.1, 0.15) is 18.4 Å². The molecule has 0 saturated heterocycles. The fourth-order valence-electron chi connectivity index (χ4n) is 3.60. The number of aromatic nitrogens is 1. The van der Waals surface area contributed by atoms with Crippen molar-refractivity contribution in [1.29, 1.82) is 0 Å². The van der Waals surface area contributed by atoms with Gasteiger partial charge in [-0.3, -0.25) is 0 Å². The molecule has 1 heterocycles. The number of hydrogen-bond acceptors (Lipinski definition) is 1. The van der Waals surface area contributed by atoms with Crippen molar-refractivity contribution in [2.45, 2.75) is 54.9 Å². The molecule has 3 rings (SSSR count). The van der Waals surface area contributed by atoms with Crippen molar-refractivity contribution in [3.05, 3.63) is 72.3 Å². The Morgan fingerprint density at radius 2 is 1.70 bits per heavy atom. The molecule has 1 unspecified atom stereocenters. The summed E-state index contributed by atoms with van der Waals surface area (Å²) in [6.45, 7) is 11.5. The van der Waals surface area contributed by atoms with Gasteiger partial charge in [-0.25, -0.2) is 4.21 Å². The second-order valence-electron chi connectivity index (χ2n) is 8.40. The van der Waals surface area contributed by atoms with Crippen LogP contribution in [0.5, 0.6) is 0 Å². The van der Waals surface area contributed by atoms with E-state index in [4.69, 9.17) is 0 Å². The SMILES string of the molecule is C=C(CCCc1c(S(=O)c2ccccc2)[nH]c2ccccc12)C[Si](C)(C)C. The number of nitrogens with one attached hydrogen (secondary N) is 1. The lowest BCUT2D eigenvalue weighted by Crippen LogP contribution is -2.19. The Balaban J connectivity index is 1.83. The summed E-state index contributed by atoms with van der Waals surface area (Å²) in [6.07, 6.45) is 3.01. The molecule has 142 valence electrons. The molecule has 0 aliphatic carbocycles. The van der Waals surface area contributed by atoms with Gasteiger partial charge in [-0.2, -0.15) is 0 Å². The number of aryl methyl sites for hydroxylation is 1. The van der Waals surface area contributed by atoms with Crippen LogP contribution in [-0.2, 0) is 17.2 Å². The highest BCUT2D eigenvalue weighted by Crippen LogP contribution is 2.30. The van der Waals surface area contributed by atoms with Crippen molar-refractivity contribution in [3.63, 3.8) is 0 Å². The van der Waals surface area contributed by atoms with Crippen LogP contribution < -0.4 is 0 Å². The van der Waals surface area contributed by atoms with Gasteiger partial charge in [0.15, 0.2) is 0 Å². The van der Waals surface area contributed by atoms with Gasteiger partial charge in [-0.15, -0.1) is 6.58 Å². The van der Waals surface area contributed by atoms with E-state index in [0.29, 0.717) is 0 Å². The van der Waals surface area contributed by atoms with Gasteiger partial charge in [0.05, 0.1) is 0 Å². The molecule has 0 aliphatic heterocycles. The molecule has 0 saturated carbocycles. The molecule has 0 amide bonds. The third-order valence-corrected chi connectivity index (χ3v) is 7.63. The van der Waals surface area contributed by atoms with Gasteiger partial charge in [0, 0.05) is 23.9 Å². The third-order valence-electron chi connectivity index (χ3n) is 4.65. The number of rotatable bonds is 8. The monoisotopic (exact) mass is 395 g/mol. The van der Waals surface area contributed by atoms with E-state index in [1.807, 2.05) is 36.4 Å². The molecule has 1 atom stereocenters. The van der Waals surface area contributed by atoms with E-state index < -0.39 is 18.9 Å². The predicted molar refractivity (Wildman–Crippen MR) is 120 cm³/mol. The van der Waals surface area contributed by atoms with E-state index in [2.05, 4.69) is 49.4 Å². The number of H-pyrrole nitrogens is 1. The van der Waals surface area contributed by atoms with Crippen LogP contribution in [0.15, 0.2) is 76.7 Å². The number of allylic oxidation sites excluding steroid dienone is 1. The molecule has 27 heavy (non-hydrogen) atoms. The molecule has 0 aliphatic rings. The Morgan fingerprint density at radius 3 is 2.41 bits per heavy atom. The summed E-state index contributed by atoms with van der Waals surface area (Å²) in [5.41, 5.74) is 3.61. The molecule has 0 radical (unpaired) electrons. The molecule has 2 aromatic carbocycles. The van der Waals surface area contributed by atoms with Gasteiger partial charge in [-0.1, -0.05) is 61.6 Å².